The zero-order chi connectivity index (χ0) is 21.6. The number of nitrogens with one attached hydrogen (secondary N) is 1. The number of sulfonamides is 1. The fourth-order valence-corrected chi connectivity index (χ4v) is 3.88. The van der Waals surface area contributed by atoms with Crippen LogP contribution >= 0.6 is 0 Å². The van der Waals surface area contributed by atoms with Gasteiger partial charge in [0.25, 0.3) is 0 Å². The average Bonchev–Trinajstić information content (AvgIpc) is 2.66. The third-order valence-electron chi connectivity index (χ3n) is 4.34. The highest BCUT2D eigenvalue weighted by Crippen LogP contribution is 2.24. The summed E-state index contributed by atoms with van der Waals surface area (Å²) < 4.78 is 56.9. The lowest BCUT2D eigenvalue weighted by molar-refractivity contribution is -0.121. The Balaban J connectivity index is 1.98. The maximum atomic E-state index is 13.5. The first kappa shape index (κ1) is 22.6. The SMILES string of the molecule is COc1ccccc1[C@H](C)NC(=O)CCCN(c1ccc(F)c(F)c1)S(C)(=O)=O. The van der Waals surface area contributed by atoms with Gasteiger partial charge < -0.3 is 10.1 Å². The molecule has 9 heteroatoms. The summed E-state index contributed by atoms with van der Waals surface area (Å²) in [5.41, 5.74) is 0.831. The Morgan fingerprint density at radius 2 is 1.86 bits per heavy atom. The van der Waals surface area contributed by atoms with E-state index in [9.17, 15) is 22.0 Å². The minimum absolute atomic E-state index is 0.00852. The Kier molecular flexibility index (Phi) is 7.55. The van der Waals surface area contributed by atoms with Crippen LogP contribution < -0.4 is 14.4 Å². The topological polar surface area (TPSA) is 75.7 Å². The predicted octanol–water partition coefficient (Wildman–Crippen LogP) is 3.40. The number of ether oxygens (including phenoxy) is 1. The summed E-state index contributed by atoms with van der Waals surface area (Å²) in [6.45, 7) is 1.78. The molecule has 0 radical (unpaired) electrons. The molecule has 6 nitrogen and oxygen atoms in total. The third kappa shape index (κ3) is 6.15. The molecule has 0 aliphatic carbocycles. The number of hydrogen-bond donors (Lipinski definition) is 1. The summed E-state index contributed by atoms with van der Waals surface area (Å²) in [5.74, 6) is -1.81. The van der Waals surface area contributed by atoms with E-state index in [0.29, 0.717) is 5.75 Å². The summed E-state index contributed by atoms with van der Waals surface area (Å²) in [6, 6.07) is 9.88. The average molecular weight is 426 g/mol. The second-order valence-corrected chi connectivity index (χ2v) is 8.48. The standard InChI is InChI=1S/C20H24F2N2O4S/c1-14(16-7-4-5-8-19(16)28-2)23-20(25)9-6-12-24(29(3,26)27)15-10-11-17(21)18(22)13-15/h4-5,7-8,10-11,13-14H,6,9,12H2,1-3H3,(H,23,25)/t14-/m0/s1. The summed E-state index contributed by atoms with van der Waals surface area (Å²) >= 11 is 0. The fourth-order valence-electron chi connectivity index (χ4n) is 2.93. The minimum atomic E-state index is -3.72. The first-order chi connectivity index (χ1) is 13.6. The van der Waals surface area contributed by atoms with Crippen LogP contribution in [0.25, 0.3) is 0 Å². The van der Waals surface area contributed by atoms with Gasteiger partial charge in [0, 0.05) is 24.6 Å². The van der Waals surface area contributed by atoms with Crippen LogP contribution in [0.5, 0.6) is 5.75 Å². The zero-order valence-corrected chi connectivity index (χ0v) is 17.3. The molecule has 0 fully saturated rings. The number of methoxy groups -OCH3 is 1. The van der Waals surface area contributed by atoms with Crippen LogP contribution in [0.1, 0.15) is 31.4 Å². The van der Waals surface area contributed by atoms with Crippen molar-refractivity contribution in [3.63, 3.8) is 0 Å². The number of para-hydroxylation sites is 1. The first-order valence-electron chi connectivity index (χ1n) is 8.98. The maximum absolute atomic E-state index is 13.5. The van der Waals surface area contributed by atoms with E-state index < -0.39 is 21.7 Å². The molecule has 0 saturated carbocycles. The highest BCUT2D eigenvalue weighted by atomic mass is 32.2. The van der Waals surface area contributed by atoms with Gasteiger partial charge in [-0.2, -0.15) is 0 Å². The molecule has 0 heterocycles. The molecular weight excluding hydrogens is 402 g/mol. The van der Waals surface area contributed by atoms with Crippen molar-refractivity contribution < 1.29 is 26.7 Å². The van der Waals surface area contributed by atoms with Gasteiger partial charge in [-0.1, -0.05) is 18.2 Å². The highest BCUT2D eigenvalue weighted by Gasteiger charge is 2.20. The summed E-state index contributed by atoms with van der Waals surface area (Å²) in [7, 11) is -2.18. The number of amides is 1. The largest absolute Gasteiger partial charge is 0.496 e. The summed E-state index contributed by atoms with van der Waals surface area (Å²) in [5, 5.41) is 2.84. The minimum Gasteiger partial charge on any atom is -0.496 e. The number of rotatable bonds is 9. The normalized spacial score (nSPS) is 12.3. The molecule has 1 atom stereocenters. The maximum Gasteiger partial charge on any atom is 0.232 e. The van der Waals surface area contributed by atoms with E-state index in [1.807, 2.05) is 25.1 Å². The van der Waals surface area contributed by atoms with Crippen LogP contribution in [0, 0.1) is 11.6 Å². The second kappa shape index (κ2) is 9.69. The molecule has 0 saturated heterocycles. The quantitative estimate of drug-likeness (QED) is 0.667. The van der Waals surface area contributed by atoms with Crippen molar-refractivity contribution in [2.75, 3.05) is 24.2 Å². The van der Waals surface area contributed by atoms with Crippen LogP contribution in [0.4, 0.5) is 14.5 Å². The van der Waals surface area contributed by atoms with Crippen LogP contribution in [0.3, 0.4) is 0 Å². The molecule has 1 amide bonds. The lowest BCUT2D eigenvalue weighted by Crippen LogP contribution is -2.32. The molecular formula is C20H24F2N2O4S. The van der Waals surface area contributed by atoms with E-state index in [1.54, 1.807) is 13.2 Å². The Hall–Kier alpha value is -2.68. The lowest BCUT2D eigenvalue weighted by Gasteiger charge is -2.23. The number of nitrogens with zero attached hydrogens (tertiary/aromatic N) is 1. The van der Waals surface area contributed by atoms with Crippen molar-refractivity contribution in [3.8, 4) is 5.75 Å². The molecule has 29 heavy (non-hydrogen) atoms. The predicted molar refractivity (Wildman–Crippen MR) is 107 cm³/mol. The molecule has 0 aliphatic rings. The van der Waals surface area contributed by atoms with Gasteiger partial charge in [0.2, 0.25) is 15.9 Å². The van der Waals surface area contributed by atoms with Gasteiger partial charge in [-0.05, 0) is 31.5 Å². The molecule has 0 aliphatic heterocycles. The Morgan fingerprint density at radius 1 is 1.17 bits per heavy atom. The smallest absolute Gasteiger partial charge is 0.232 e. The molecule has 0 bridgehead atoms. The van der Waals surface area contributed by atoms with E-state index in [0.717, 1.165) is 28.3 Å². The molecule has 0 unspecified atom stereocenters. The molecule has 0 spiro atoms. The van der Waals surface area contributed by atoms with Crippen molar-refractivity contribution in [3.05, 3.63) is 59.7 Å². The van der Waals surface area contributed by atoms with Gasteiger partial charge >= 0.3 is 0 Å². The van der Waals surface area contributed by atoms with E-state index in [2.05, 4.69) is 5.32 Å². The van der Waals surface area contributed by atoms with Crippen molar-refractivity contribution in [2.45, 2.75) is 25.8 Å². The number of hydrogen-bond acceptors (Lipinski definition) is 4. The Morgan fingerprint density at radius 3 is 2.48 bits per heavy atom. The van der Waals surface area contributed by atoms with Gasteiger partial charge in [-0.15, -0.1) is 0 Å². The number of benzene rings is 2. The van der Waals surface area contributed by atoms with Crippen LogP contribution in [-0.2, 0) is 14.8 Å². The van der Waals surface area contributed by atoms with Crippen LogP contribution in [0.2, 0.25) is 0 Å². The fraction of sp³-hybridized carbons (Fsp3) is 0.350. The van der Waals surface area contributed by atoms with Crippen LogP contribution in [-0.4, -0.2) is 34.2 Å². The second-order valence-electron chi connectivity index (χ2n) is 6.57. The van der Waals surface area contributed by atoms with Crippen molar-refractivity contribution in [1.82, 2.24) is 5.32 Å². The summed E-state index contributed by atoms with van der Waals surface area (Å²) in [4.78, 5) is 12.3. The van der Waals surface area contributed by atoms with E-state index in [4.69, 9.17) is 4.74 Å². The highest BCUT2D eigenvalue weighted by molar-refractivity contribution is 7.92. The van der Waals surface area contributed by atoms with Crippen LogP contribution in [0.15, 0.2) is 42.5 Å². The van der Waals surface area contributed by atoms with Crippen molar-refractivity contribution in [2.24, 2.45) is 0 Å². The Labute approximate surface area is 169 Å². The molecule has 1 N–H and O–H groups in total. The van der Waals surface area contributed by atoms with Crippen molar-refractivity contribution in [1.29, 1.82) is 0 Å². The number of carbonyl (C=O) groups excluding carboxylic acids is 1. The number of carbonyl (C=O) groups is 1. The van der Waals surface area contributed by atoms with Gasteiger partial charge in [0.1, 0.15) is 5.75 Å². The van der Waals surface area contributed by atoms with Gasteiger partial charge in [-0.3, -0.25) is 9.10 Å². The molecule has 2 aromatic carbocycles. The number of anilines is 1. The lowest BCUT2D eigenvalue weighted by atomic mass is 10.1. The van der Waals surface area contributed by atoms with Gasteiger partial charge in [0.15, 0.2) is 11.6 Å². The first-order valence-corrected chi connectivity index (χ1v) is 10.8. The van der Waals surface area contributed by atoms with Gasteiger partial charge in [0.05, 0.1) is 25.1 Å². The molecule has 2 aromatic rings. The van der Waals surface area contributed by atoms with E-state index in [1.165, 1.54) is 6.07 Å². The number of halogens is 2. The molecule has 0 aromatic heterocycles. The van der Waals surface area contributed by atoms with Gasteiger partial charge in [-0.25, -0.2) is 17.2 Å². The molecule has 2 rings (SSSR count). The Bertz CT molecular complexity index is 967. The summed E-state index contributed by atoms with van der Waals surface area (Å²) in [6.07, 6.45) is 1.24. The zero-order valence-electron chi connectivity index (χ0n) is 16.5. The van der Waals surface area contributed by atoms with Crippen molar-refractivity contribution >= 4 is 21.6 Å². The third-order valence-corrected chi connectivity index (χ3v) is 5.53. The van der Waals surface area contributed by atoms with E-state index >= 15 is 0 Å². The van der Waals surface area contributed by atoms with E-state index in [-0.39, 0.29) is 37.0 Å². The molecule has 158 valence electrons. The monoisotopic (exact) mass is 426 g/mol.